The number of alkyl halides is 6. The van der Waals surface area contributed by atoms with E-state index in [9.17, 15) is 36.5 Å². The van der Waals surface area contributed by atoms with Crippen molar-refractivity contribution >= 4 is 26.7 Å². The van der Waals surface area contributed by atoms with E-state index in [0.717, 1.165) is 24.3 Å². The van der Waals surface area contributed by atoms with Crippen LogP contribution in [-0.2, 0) is 21.0 Å². The molecule has 28 heavy (non-hydrogen) atoms. The van der Waals surface area contributed by atoms with Gasteiger partial charge in [-0.2, -0.15) is 13.2 Å². The van der Waals surface area contributed by atoms with Crippen molar-refractivity contribution in [3.05, 3.63) is 64.7 Å². The highest BCUT2D eigenvalue weighted by Gasteiger charge is 2.54. The zero-order valence-corrected chi connectivity index (χ0v) is 14.9. The van der Waals surface area contributed by atoms with Crippen molar-refractivity contribution in [2.45, 2.75) is 20.8 Å². The van der Waals surface area contributed by atoms with Crippen LogP contribution in [0.1, 0.15) is 0 Å². The lowest BCUT2D eigenvalue weighted by Crippen LogP contribution is -2.24. The van der Waals surface area contributed by atoms with Crippen LogP contribution in [0.15, 0.2) is 64.4 Å². The second kappa shape index (κ2) is 8.79. The lowest BCUT2D eigenvalue weighted by molar-refractivity contribution is -0.384. The minimum Gasteiger partial charge on any atom is -0.741 e. The third kappa shape index (κ3) is 6.69. The van der Waals surface area contributed by atoms with E-state index in [2.05, 4.69) is 0 Å². The summed E-state index contributed by atoms with van der Waals surface area (Å²) < 4.78 is 98.6. The lowest BCUT2D eigenvalue weighted by Gasteiger charge is -2.09. The van der Waals surface area contributed by atoms with Gasteiger partial charge in [-0.15, -0.1) is 13.2 Å². The highest BCUT2D eigenvalue weighted by atomic mass is 32.2. The van der Waals surface area contributed by atoms with Gasteiger partial charge in [0.2, 0.25) is 0 Å². The zero-order chi connectivity index (χ0) is 21.8. The fourth-order valence-electron chi connectivity index (χ4n) is 1.66. The average Bonchev–Trinajstić information content (AvgIpc) is 2.54. The van der Waals surface area contributed by atoms with E-state index >= 15 is 0 Å². The Morgan fingerprint density at radius 1 is 0.821 bits per heavy atom. The average molecular weight is 449 g/mol. The molecule has 0 heterocycles. The maximum atomic E-state index is 13.2. The summed E-state index contributed by atoms with van der Waals surface area (Å²) in [6, 6.07) is 12.0. The Balaban J connectivity index is 0.000000416. The number of nitro benzene ring substituents is 1. The molecule has 1 unspecified atom stereocenters. The van der Waals surface area contributed by atoms with Crippen LogP contribution in [0.2, 0.25) is 0 Å². The van der Waals surface area contributed by atoms with Crippen LogP contribution in [0, 0.1) is 10.1 Å². The zero-order valence-electron chi connectivity index (χ0n) is 13.3. The van der Waals surface area contributed by atoms with Gasteiger partial charge >= 0.3 is 11.0 Å². The van der Waals surface area contributed by atoms with E-state index in [1.165, 1.54) is 24.3 Å². The van der Waals surface area contributed by atoms with Crippen molar-refractivity contribution in [3.8, 4) is 0 Å². The molecular weight excluding hydrogens is 440 g/mol. The molecule has 0 aliphatic heterocycles. The minimum atomic E-state index is -6.09. The Morgan fingerprint density at radius 2 is 1.21 bits per heavy atom. The van der Waals surface area contributed by atoms with Gasteiger partial charge in [0.05, 0.1) is 4.92 Å². The molecule has 0 aromatic heterocycles. The highest BCUT2D eigenvalue weighted by Crippen LogP contribution is 2.38. The smallest absolute Gasteiger partial charge is 0.586 e. The van der Waals surface area contributed by atoms with Crippen molar-refractivity contribution < 1.29 is 44.2 Å². The standard InChI is InChI=1S/C13H9F3NO2S.CHF3O3S/c14-13(15,16)20(11-4-2-1-3-5-11)12-8-6-10(7-9-12)17(18)19;2-1(3,4)8(5,6)7/h1-9H;(H,5,6,7)/q+1;/p-1. The second-order valence-electron chi connectivity index (χ2n) is 4.72. The number of nitrogens with zero attached hydrogens (tertiary/aromatic N) is 1. The van der Waals surface area contributed by atoms with E-state index < -0.39 is 37.0 Å². The van der Waals surface area contributed by atoms with E-state index in [-0.39, 0.29) is 15.5 Å². The first-order valence-corrected chi connectivity index (χ1v) is 9.40. The molecule has 14 heteroatoms. The van der Waals surface area contributed by atoms with Crippen LogP contribution in [0.4, 0.5) is 32.0 Å². The van der Waals surface area contributed by atoms with Crippen molar-refractivity contribution in [1.29, 1.82) is 0 Å². The van der Waals surface area contributed by atoms with Crippen molar-refractivity contribution in [1.82, 2.24) is 0 Å². The van der Waals surface area contributed by atoms with Crippen molar-refractivity contribution in [2.24, 2.45) is 0 Å². The van der Waals surface area contributed by atoms with Gasteiger partial charge in [0, 0.05) is 24.3 Å². The van der Waals surface area contributed by atoms with Crippen LogP contribution in [0.25, 0.3) is 0 Å². The van der Waals surface area contributed by atoms with E-state index in [4.69, 9.17) is 13.0 Å². The molecule has 1 atom stereocenters. The molecule has 0 fully saturated rings. The number of rotatable bonds is 3. The maximum Gasteiger partial charge on any atom is 0.586 e. The summed E-state index contributed by atoms with van der Waals surface area (Å²) in [5.41, 5.74) is -10.3. The molecule has 2 rings (SSSR count). The quantitative estimate of drug-likeness (QED) is 0.175. The van der Waals surface area contributed by atoms with Crippen LogP contribution in [0.3, 0.4) is 0 Å². The molecular formula is C14H9F6NO5S2. The molecule has 6 nitrogen and oxygen atoms in total. The number of nitro groups is 1. The summed E-state index contributed by atoms with van der Waals surface area (Å²) in [5.74, 6) is 0. The Morgan fingerprint density at radius 3 is 1.54 bits per heavy atom. The molecule has 0 radical (unpaired) electrons. The van der Waals surface area contributed by atoms with E-state index in [1.54, 1.807) is 6.07 Å². The second-order valence-corrected chi connectivity index (χ2v) is 8.11. The van der Waals surface area contributed by atoms with Gasteiger partial charge in [-0.3, -0.25) is 10.1 Å². The molecule has 0 saturated carbocycles. The van der Waals surface area contributed by atoms with Gasteiger partial charge in [-0.25, -0.2) is 8.42 Å². The Labute approximate surface area is 157 Å². The van der Waals surface area contributed by atoms with E-state index in [0.29, 0.717) is 0 Å². The first-order chi connectivity index (χ1) is 12.6. The largest absolute Gasteiger partial charge is 0.741 e. The topological polar surface area (TPSA) is 100 Å². The fourth-order valence-corrected chi connectivity index (χ4v) is 3.31. The van der Waals surface area contributed by atoms with Gasteiger partial charge in [0.15, 0.2) is 30.8 Å². The van der Waals surface area contributed by atoms with Gasteiger partial charge < -0.3 is 4.55 Å². The van der Waals surface area contributed by atoms with Crippen LogP contribution in [0.5, 0.6) is 0 Å². The highest BCUT2D eigenvalue weighted by molar-refractivity contribution is 7.97. The number of hydrogen-bond acceptors (Lipinski definition) is 5. The number of non-ortho nitro benzene ring substituents is 1. The minimum absolute atomic E-state index is 0.00861. The van der Waals surface area contributed by atoms with Crippen molar-refractivity contribution in [3.63, 3.8) is 0 Å². The Bertz CT molecular complexity index is 899. The molecule has 0 saturated heterocycles. The first kappa shape index (κ1) is 23.7. The summed E-state index contributed by atoms with van der Waals surface area (Å²) in [6.45, 7) is 0. The molecule has 2 aromatic rings. The summed E-state index contributed by atoms with van der Waals surface area (Å²) >= 11 is 0. The van der Waals surface area contributed by atoms with Crippen LogP contribution >= 0.6 is 0 Å². The summed E-state index contributed by atoms with van der Waals surface area (Å²) in [6.07, 6.45) is 0. The molecule has 0 aliphatic carbocycles. The maximum absolute atomic E-state index is 13.2. The fraction of sp³-hybridized carbons (Fsp3) is 0.143. The SMILES string of the molecule is O=S(=O)([O-])C(F)(F)F.O=[N+]([O-])c1ccc([S+](c2ccccc2)C(F)(F)F)cc1. The summed E-state index contributed by atoms with van der Waals surface area (Å²) in [4.78, 5) is 10.0. The molecule has 154 valence electrons. The van der Waals surface area contributed by atoms with Gasteiger partial charge in [-0.1, -0.05) is 18.2 Å². The van der Waals surface area contributed by atoms with Gasteiger partial charge in [0.25, 0.3) is 5.69 Å². The molecule has 0 N–H and O–H groups in total. The number of halogens is 6. The third-order valence-electron chi connectivity index (χ3n) is 2.78. The predicted molar refractivity (Wildman–Crippen MR) is 85.2 cm³/mol. The normalized spacial score (nSPS) is 13.2. The molecule has 0 bridgehead atoms. The number of hydrogen-bond donors (Lipinski definition) is 0. The third-order valence-corrected chi connectivity index (χ3v) is 5.29. The summed E-state index contributed by atoms with van der Waals surface area (Å²) in [7, 11) is -8.20. The van der Waals surface area contributed by atoms with Gasteiger partial charge in [-0.05, 0) is 12.1 Å². The monoisotopic (exact) mass is 449 g/mol. The lowest BCUT2D eigenvalue weighted by atomic mass is 10.3. The van der Waals surface area contributed by atoms with E-state index in [1.807, 2.05) is 0 Å². The Hall–Kier alpha value is -2.32. The predicted octanol–water partition coefficient (Wildman–Crippen LogP) is 4.20. The summed E-state index contributed by atoms with van der Waals surface area (Å²) in [5, 5.41) is 10.5. The van der Waals surface area contributed by atoms with Crippen molar-refractivity contribution in [2.75, 3.05) is 0 Å². The van der Waals surface area contributed by atoms with Gasteiger partial charge in [0.1, 0.15) is 0 Å². The molecule has 0 amide bonds. The molecule has 0 spiro atoms. The number of benzene rings is 2. The molecule has 0 aliphatic rings. The first-order valence-electron chi connectivity index (χ1n) is 6.77. The van der Waals surface area contributed by atoms with Crippen LogP contribution in [-0.4, -0.2) is 28.9 Å². The van der Waals surface area contributed by atoms with Crippen LogP contribution < -0.4 is 0 Å². The Kier molecular flexibility index (Phi) is 7.45. The molecule has 2 aromatic carbocycles.